The number of nitrogens with zero attached hydrogens (tertiary/aromatic N) is 2. The van der Waals surface area contributed by atoms with Gasteiger partial charge in [-0.3, -0.25) is 9.59 Å². The van der Waals surface area contributed by atoms with E-state index in [0.29, 0.717) is 12.3 Å². The van der Waals surface area contributed by atoms with E-state index in [1.807, 2.05) is 0 Å². The number of nitrogens with two attached hydrogens (primary N) is 1. The molecule has 0 spiro atoms. The summed E-state index contributed by atoms with van der Waals surface area (Å²) < 4.78 is 29.1. The molecule has 8 heteroatoms. The lowest BCUT2D eigenvalue weighted by atomic mass is 9.86. The second kappa shape index (κ2) is 6.12. The van der Waals surface area contributed by atoms with Crippen LogP contribution in [-0.4, -0.2) is 27.6 Å². The highest BCUT2D eigenvalue weighted by Gasteiger charge is 2.50. The molecule has 1 saturated carbocycles. The van der Waals surface area contributed by atoms with Crippen molar-refractivity contribution in [3.63, 3.8) is 0 Å². The van der Waals surface area contributed by atoms with Gasteiger partial charge in [0.15, 0.2) is 11.5 Å². The minimum atomic E-state index is -0.876. The van der Waals surface area contributed by atoms with Crippen LogP contribution in [0.25, 0.3) is 5.69 Å². The summed E-state index contributed by atoms with van der Waals surface area (Å²) in [6.45, 7) is 5.40. The molecule has 2 aromatic rings. The summed E-state index contributed by atoms with van der Waals surface area (Å²) in [5.74, 6) is -1.93. The number of carbonyl (C=O) groups excluding carboxylic acids is 2. The SMILES string of the molecule is CC(C)(C)C(NC(=O)c1nn(-c2ccc(F)cc2F)c2c1C[C@H]1C[C@@H]21)C(N)=O. The monoisotopic (exact) mass is 388 g/mol. The number of hydrogen-bond acceptors (Lipinski definition) is 3. The van der Waals surface area contributed by atoms with Crippen LogP contribution in [0.1, 0.15) is 54.9 Å². The lowest BCUT2D eigenvalue weighted by Crippen LogP contribution is -2.52. The van der Waals surface area contributed by atoms with Crippen molar-refractivity contribution in [3.8, 4) is 5.69 Å². The number of carbonyl (C=O) groups is 2. The van der Waals surface area contributed by atoms with Crippen LogP contribution in [0.5, 0.6) is 0 Å². The second-order valence-corrected chi connectivity index (χ2v) is 8.70. The molecule has 0 aliphatic heterocycles. The van der Waals surface area contributed by atoms with Gasteiger partial charge in [-0.15, -0.1) is 0 Å². The van der Waals surface area contributed by atoms with Crippen LogP contribution in [0.2, 0.25) is 0 Å². The molecule has 0 bridgehead atoms. The number of aromatic nitrogens is 2. The van der Waals surface area contributed by atoms with Crippen LogP contribution in [0.4, 0.5) is 8.78 Å². The standard InChI is InChI=1S/C20H22F2N4O2/c1-20(2,3)17(18(23)27)24-19(28)15-12-7-9-6-11(9)16(12)26(25-15)14-5-4-10(21)8-13(14)22/h4-5,8-9,11,17H,6-7H2,1-3H3,(H2,23,27)(H,24,28)/t9-,11-,17?/m1/s1. The van der Waals surface area contributed by atoms with Crippen LogP contribution in [0, 0.1) is 23.0 Å². The Balaban J connectivity index is 1.74. The van der Waals surface area contributed by atoms with Gasteiger partial charge in [-0.25, -0.2) is 13.5 Å². The molecule has 2 amide bonds. The Morgan fingerprint density at radius 3 is 2.64 bits per heavy atom. The van der Waals surface area contributed by atoms with Crippen molar-refractivity contribution in [2.75, 3.05) is 0 Å². The molecule has 6 nitrogen and oxygen atoms in total. The molecule has 1 unspecified atom stereocenters. The van der Waals surface area contributed by atoms with Gasteiger partial charge in [0.05, 0.1) is 5.69 Å². The Morgan fingerprint density at radius 2 is 2.04 bits per heavy atom. The number of amides is 2. The number of fused-ring (bicyclic) bond motifs is 3. The second-order valence-electron chi connectivity index (χ2n) is 8.70. The van der Waals surface area contributed by atoms with Crippen LogP contribution < -0.4 is 11.1 Å². The quantitative estimate of drug-likeness (QED) is 0.843. The Labute approximate surface area is 161 Å². The van der Waals surface area contributed by atoms with Gasteiger partial charge in [0, 0.05) is 17.5 Å². The van der Waals surface area contributed by atoms with Gasteiger partial charge in [-0.05, 0) is 36.3 Å². The summed E-state index contributed by atoms with van der Waals surface area (Å²) >= 11 is 0. The molecule has 1 fully saturated rings. The number of rotatable bonds is 4. The summed E-state index contributed by atoms with van der Waals surface area (Å²) in [6.07, 6.45) is 1.65. The summed E-state index contributed by atoms with van der Waals surface area (Å²) in [6, 6.07) is 2.40. The molecule has 1 heterocycles. The van der Waals surface area contributed by atoms with Crippen LogP contribution in [0.3, 0.4) is 0 Å². The first-order valence-electron chi connectivity index (χ1n) is 9.25. The minimum Gasteiger partial charge on any atom is -0.368 e. The van der Waals surface area contributed by atoms with E-state index in [9.17, 15) is 18.4 Å². The van der Waals surface area contributed by atoms with Crippen molar-refractivity contribution in [1.29, 1.82) is 0 Å². The molecule has 0 radical (unpaired) electrons. The van der Waals surface area contributed by atoms with E-state index in [1.165, 1.54) is 10.7 Å². The fourth-order valence-electron chi connectivity index (χ4n) is 4.05. The van der Waals surface area contributed by atoms with Crippen molar-refractivity contribution >= 4 is 11.8 Å². The Kier molecular flexibility index (Phi) is 4.06. The van der Waals surface area contributed by atoms with Gasteiger partial charge in [-0.1, -0.05) is 20.8 Å². The average molecular weight is 388 g/mol. The highest BCUT2D eigenvalue weighted by molar-refractivity contribution is 5.97. The number of primary amides is 1. The number of halogens is 2. The molecule has 3 N–H and O–H groups in total. The van der Waals surface area contributed by atoms with Crippen molar-refractivity contribution in [1.82, 2.24) is 15.1 Å². The Morgan fingerprint density at radius 1 is 1.32 bits per heavy atom. The molecular formula is C20H22F2N4O2. The molecule has 1 aromatic heterocycles. The minimum absolute atomic E-state index is 0.103. The highest BCUT2D eigenvalue weighted by Crippen LogP contribution is 2.57. The first-order chi connectivity index (χ1) is 13.1. The van der Waals surface area contributed by atoms with Crippen LogP contribution >= 0.6 is 0 Å². The van der Waals surface area contributed by atoms with Gasteiger partial charge in [-0.2, -0.15) is 5.10 Å². The van der Waals surface area contributed by atoms with Crippen molar-refractivity contribution in [2.24, 2.45) is 17.1 Å². The largest absolute Gasteiger partial charge is 0.368 e. The van der Waals surface area contributed by atoms with E-state index in [1.54, 1.807) is 20.8 Å². The molecule has 2 aliphatic rings. The van der Waals surface area contributed by atoms with E-state index in [2.05, 4.69) is 10.4 Å². The smallest absolute Gasteiger partial charge is 0.272 e. The average Bonchev–Trinajstić information content (AvgIpc) is 3.08. The molecule has 148 valence electrons. The normalized spacial score (nSPS) is 21.0. The van der Waals surface area contributed by atoms with E-state index >= 15 is 0 Å². The third kappa shape index (κ3) is 2.96. The summed E-state index contributed by atoms with van der Waals surface area (Å²) in [7, 11) is 0. The molecule has 28 heavy (non-hydrogen) atoms. The number of nitrogens with one attached hydrogen (secondary N) is 1. The van der Waals surface area contributed by atoms with Gasteiger partial charge in [0.1, 0.15) is 17.5 Å². The highest BCUT2D eigenvalue weighted by atomic mass is 19.1. The molecule has 1 aromatic carbocycles. The molecule has 0 saturated heterocycles. The van der Waals surface area contributed by atoms with E-state index in [4.69, 9.17) is 5.73 Å². The third-order valence-electron chi connectivity index (χ3n) is 5.54. The van der Waals surface area contributed by atoms with E-state index in [-0.39, 0.29) is 17.3 Å². The third-order valence-corrected chi connectivity index (χ3v) is 5.54. The summed E-state index contributed by atoms with van der Waals surface area (Å²) in [5.41, 5.74) is 6.72. The van der Waals surface area contributed by atoms with Crippen LogP contribution in [-0.2, 0) is 11.2 Å². The topological polar surface area (TPSA) is 90.0 Å². The summed E-state index contributed by atoms with van der Waals surface area (Å²) in [4.78, 5) is 24.7. The van der Waals surface area contributed by atoms with E-state index < -0.39 is 34.9 Å². The maximum Gasteiger partial charge on any atom is 0.272 e. The molecular weight excluding hydrogens is 366 g/mol. The number of hydrogen-bond donors (Lipinski definition) is 2. The zero-order valence-electron chi connectivity index (χ0n) is 15.9. The van der Waals surface area contributed by atoms with Gasteiger partial charge in [0.25, 0.3) is 5.91 Å². The molecule has 4 rings (SSSR count). The van der Waals surface area contributed by atoms with Gasteiger partial charge in [0.2, 0.25) is 5.91 Å². The molecule has 3 atom stereocenters. The van der Waals surface area contributed by atoms with E-state index in [0.717, 1.165) is 29.8 Å². The van der Waals surface area contributed by atoms with Crippen LogP contribution in [0.15, 0.2) is 18.2 Å². The summed E-state index contributed by atoms with van der Waals surface area (Å²) in [5, 5.41) is 7.03. The lowest BCUT2D eigenvalue weighted by Gasteiger charge is -2.28. The van der Waals surface area contributed by atoms with Gasteiger partial charge >= 0.3 is 0 Å². The predicted octanol–water partition coefficient (Wildman–Crippen LogP) is 2.44. The van der Waals surface area contributed by atoms with Gasteiger partial charge < -0.3 is 11.1 Å². The maximum atomic E-state index is 14.4. The fraction of sp³-hybridized carbons (Fsp3) is 0.450. The number of benzene rings is 1. The van der Waals surface area contributed by atoms with Crippen molar-refractivity contribution in [2.45, 2.75) is 45.6 Å². The van der Waals surface area contributed by atoms with Crippen molar-refractivity contribution in [3.05, 3.63) is 46.8 Å². The zero-order chi connectivity index (χ0) is 20.4. The Bertz CT molecular complexity index is 993. The molecule has 2 aliphatic carbocycles. The Hall–Kier alpha value is -2.77. The maximum absolute atomic E-state index is 14.4. The predicted molar refractivity (Wildman–Crippen MR) is 97.9 cm³/mol. The lowest BCUT2D eigenvalue weighted by molar-refractivity contribution is -0.122. The first kappa shape index (κ1) is 18.6. The fourth-order valence-corrected chi connectivity index (χ4v) is 4.05. The zero-order valence-corrected chi connectivity index (χ0v) is 15.9. The first-order valence-corrected chi connectivity index (χ1v) is 9.25. The van der Waals surface area contributed by atoms with Crippen molar-refractivity contribution < 1.29 is 18.4 Å².